The molecule has 0 spiro atoms. The number of benzene rings is 1. The van der Waals surface area contributed by atoms with E-state index in [9.17, 15) is 0 Å². The maximum Gasteiger partial charge on any atom is 0.157 e. The molecule has 2 rings (SSSR count). The van der Waals surface area contributed by atoms with Crippen molar-refractivity contribution in [2.45, 2.75) is 32.5 Å². The van der Waals surface area contributed by atoms with Crippen molar-refractivity contribution in [3.8, 4) is 5.75 Å². The molecule has 1 unspecified atom stereocenters. The highest BCUT2D eigenvalue weighted by molar-refractivity contribution is 5.31. The van der Waals surface area contributed by atoms with Crippen LogP contribution in [0.15, 0.2) is 24.3 Å². The Morgan fingerprint density at radius 1 is 1.24 bits per heavy atom. The Kier molecular flexibility index (Phi) is 4.83. The van der Waals surface area contributed by atoms with Crippen molar-refractivity contribution < 1.29 is 14.2 Å². The number of hydrogen-bond donors (Lipinski definition) is 0. The first kappa shape index (κ1) is 12.4. The number of para-hydroxylation sites is 1. The summed E-state index contributed by atoms with van der Waals surface area (Å²) in [7, 11) is 0. The normalized spacial score (nSPS) is 20.2. The molecule has 1 aromatic rings. The van der Waals surface area contributed by atoms with Crippen LogP contribution in [0.4, 0.5) is 0 Å². The quantitative estimate of drug-likeness (QED) is 0.736. The van der Waals surface area contributed by atoms with Crippen LogP contribution in [0.25, 0.3) is 0 Å². The molecule has 3 heteroatoms. The maximum atomic E-state index is 5.65. The van der Waals surface area contributed by atoms with Gasteiger partial charge < -0.3 is 14.2 Å². The fourth-order valence-corrected chi connectivity index (χ4v) is 1.89. The van der Waals surface area contributed by atoms with Gasteiger partial charge in [-0.25, -0.2) is 0 Å². The highest BCUT2D eigenvalue weighted by atomic mass is 16.7. The van der Waals surface area contributed by atoms with Gasteiger partial charge in [0.15, 0.2) is 6.29 Å². The van der Waals surface area contributed by atoms with E-state index in [1.165, 1.54) is 6.42 Å². The van der Waals surface area contributed by atoms with Gasteiger partial charge in [-0.15, -0.1) is 0 Å². The van der Waals surface area contributed by atoms with E-state index in [1.807, 2.05) is 31.2 Å². The van der Waals surface area contributed by atoms with E-state index < -0.39 is 0 Å². The third-order valence-corrected chi connectivity index (χ3v) is 2.88. The molecule has 0 amide bonds. The second-order valence-corrected chi connectivity index (χ2v) is 4.28. The molecular weight excluding hydrogens is 216 g/mol. The molecule has 0 aromatic heterocycles. The number of ether oxygens (including phenoxy) is 3. The van der Waals surface area contributed by atoms with Gasteiger partial charge in [-0.1, -0.05) is 18.2 Å². The number of hydrogen-bond acceptors (Lipinski definition) is 3. The van der Waals surface area contributed by atoms with Crippen LogP contribution in [0.5, 0.6) is 5.75 Å². The van der Waals surface area contributed by atoms with Gasteiger partial charge in [0.25, 0.3) is 0 Å². The lowest BCUT2D eigenvalue weighted by Gasteiger charge is -2.22. The lowest BCUT2D eigenvalue weighted by atomic mass is 10.2. The molecule has 3 nitrogen and oxygen atoms in total. The van der Waals surface area contributed by atoms with Crippen LogP contribution < -0.4 is 4.74 Å². The standard InChI is InChI=1S/C14H20O3/c1-12-6-2-3-7-13(12)15-10-11-17-14-8-4-5-9-16-14/h2-3,6-7,14H,4-5,8-11H2,1H3. The highest BCUT2D eigenvalue weighted by Crippen LogP contribution is 2.16. The average Bonchev–Trinajstić information content (AvgIpc) is 2.38. The largest absolute Gasteiger partial charge is 0.491 e. The summed E-state index contributed by atoms with van der Waals surface area (Å²) >= 11 is 0. The first-order valence-corrected chi connectivity index (χ1v) is 6.28. The van der Waals surface area contributed by atoms with E-state index in [-0.39, 0.29) is 6.29 Å². The molecule has 1 aromatic carbocycles. The van der Waals surface area contributed by atoms with Crippen LogP contribution in [0.2, 0.25) is 0 Å². The number of aryl methyl sites for hydroxylation is 1. The van der Waals surface area contributed by atoms with E-state index in [0.29, 0.717) is 13.2 Å². The topological polar surface area (TPSA) is 27.7 Å². The van der Waals surface area contributed by atoms with Gasteiger partial charge in [-0.3, -0.25) is 0 Å². The molecule has 1 aliphatic rings. The van der Waals surface area contributed by atoms with E-state index >= 15 is 0 Å². The Balaban J connectivity index is 1.64. The first-order chi connectivity index (χ1) is 8.36. The first-order valence-electron chi connectivity index (χ1n) is 6.28. The summed E-state index contributed by atoms with van der Waals surface area (Å²) in [6.45, 7) is 4.02. The third kappa shape index (κ3) is 4.02. The van der Waals surface area contributed by atoms with Crippen LogP contribution in [0.1, 0.15) is 24.8 Å². The van der Waals surface area contributed by atoms with Crippen molar-refractivity contribution in [3.63, 3.8) is 0 Å². The van der Waals surface area contributed by atoms with Gasteiger partial charge in [0.2, 0.25) is 0 Å². The Morgan fingerprint density at radius 2 is 2.12 bits per heavy atom. The lowest BCUT2D eigenvalue weighted by Crippen LogP contribution is -2.24. The van der Waals surface area contributed by atoms with Crippen LogP contribution in [-0.4, -0.2) is 26.1 Å². The minimum Gasteiger partial charge on any atom is -0.491 e. The molecule has 1 saturated heterocycles. The molecule has 94 valence electrons. The van der Waals surface area contributed by atoms with E-state index in [2.05, 4.69) is 0 Å². The van der Waals surface area contributed by atoms with Gasteiger partial charge in [-0.2, -0.15) is 0 Å². The van der Waals surface area contributed by atoms with Crippen LogP contribution in [0.3, 0.4) is 0 Å². The van der Waals surface area contributed by atoms with Gasteiger partial charge >= 0.3 is 0 Å². The highest BCUT2D eigenvalue weighted by Gasteiger charge is 2.13. The van der Waals surface area contributed by atoms with Crippen molar-refractivity contribution in [3.05, 3.63) is 29.8 Å². The molecule has 1 aliphatic heterocycles. The molecule has 0 radical (unpaired) electrons. The third-order valence-electron chi connectivity index (χ3n) is 2.88. The second-order valence-electron chi connectivity index (χ2n) is 4.28. The van der Waals surface area contributed by atoms with Gasteiger partial charge in [0, 0.05) is 6.61 Å². The van der Waals surface area contributed by atoms with E-state index in [1.54, 1.807) is 0 Å². The molecule has 17 heavy (non-hydrogen) atoms. The van der Waals surface area contributed by atoms with Crippen molar-refractivity contribution in [2.24, 2.45) is 0 Å². The van der Waals surface area contributed by atoms with Crippen LogP contribution >= 0.6 is 0 Å². The Labute approximate surface area is 103 Å². The fourth-order valence-electron chi connectivity index (χ4n) is 1.89. The monoisotopic (exact) mass is 236 g/mol. The van der Waals surface area contributed by atoms with Crippen molar-refractivity contribution in [1.82, 2.24) is 0 Å². The van der Waals surface area contributed by atoms with E-state index in [0.717, 1.165) is 30.8 Å². The molecule has 1 heterocycles. The molecule has 0 aliphatic carbocycles. The summed E-state index contributed by atoms with van der Waals surface area (Å²) < 4.78 is 16.7. The minimum absolute atomic E-state index is 0.0239. The average molecular weight is 236 g/mol. The predicted octanol–water partition coefficient (Wildman–Crippen LogP) is 2.92. The summed E-state index contributed by atoms with van der Waals surface area (Å²) in [4.78, 5) is 0. The molecule has 0 bridgehead atoms. The van der Waals surface area contributed by atoms with E-state index in [4.69, 9.17) is 14.2 Å². The molecule has 1 atom stereocenters. The fraction of sp³-hybridized carbons (Fsp3) is 0.571. The Morgan fingerprint density at radius 3 is 2.88 bits per heavy atom. The Bertz CT molecular complexity index is 332. The Hall–Kier alpha value is -1.06. The zero-order valence-corrected chi connectivity index (χ0v) is 10.4. The van der Waals surface area contributed by atoms with Gasteiger partial charge in [0.05, 0.1) is 6.61 Å². The predicted molar refractivity (Wildman–Crippen MR) is 66.2 cm³/mol. The zero-order chi connectivity index (χ0) is 11.9. The van der Waals surface area contributed by atoms with Crippen LogP contribution in [0, 0.1) is 6.92 Å². The summed E-state index contributed by atoms with van der Waals surface area (Å²) in [6.07, 6.45) is 3.33. The maximum absolute atomic E-state index is 5.65. The summed E-state index contributed by atoms with van der Waals surface area (Å²) in [5, 5.41) is 0. The number of rotatable bonds is 5. The zero-order valence-electron chi connectivity index (χ0n) is 10.4. The van der Waals surface area contributed by atoms with Gasteiger partial charge in [-0.05, 0) is 37.8 Å². The summed E-state index contributed by atoms with van der Waals surface area (Å²) in [5.41, 5.74) is 1.15. The van der Waals surface area contributed by atoms with Crippen molar-refractivity contribution in [2.75, 3.05) is 19.8 Å². The van der Waals surface area contributed by atoms with Crippen molar-refractivity contribution >= 4 is 0 Å². The molecule has 0 N–H and O–H groups in total. The minimum atomic E-state index is -0.0239. The SMILES string of the molecule is Cc1ccccc1OCCOC1CCCCO1. The molecular formula is C14H20O3. The van der Waals surface area contributed by atoms with Crippen LogP contribution in [-0.2, 0) is 9.47 Å². The van der Waals surface area contributed by atoms with Gasteiger partial charge in [0.1, 0.15) is 12.4 Å². The smallest absolute Gasteiger partial charge is 0.157 e. The molecule has 1 fully saturated rings. The lowest BCUT2D eigenvalue weighted by molar-refractivity contribution is -0.165. The molecule has 0 saturated carbocycles. The van der Waals surface area contributed by atoms with Crippen molar-refractivity contribution in [1.29, 1.82) is 0 Å². The summed E-state index contributed by atoms with van der Waals surface area (Å²) in [5.74, 6) is 0.931. The summed E-state index contributed by atoms with van der Waals surface area (Å²) in [6, 6.07) is 8.01. The second kappa shape index (κ2) is 6.62.